The van der Waals surface area contributed by atoms with Crippen LogP contribution < -0.4 is 5.43 Å². The average molecular weight is 275 g/mol. The van der Waals surface area contributed by atoms with Crippen LogP contribution in [0.1, 0.15) is 18.4 Å². The van der Waals surface area contributed by atoms with Crippen LogP contribution in [0.25, 0.3) is 22.3 Å². The zero-order valence-corrected chi connectivity index (χ0v) is 11.5. The Morgan fingerprint density at radius 1 is 1.05 bits per heavy atom. The highest BCUT2D eigenvalue weighted by molar-refractivity contribution is 5.80. The minimum absolute atomic E-state index is 0.134. The molecule has 0 aliphatic rings. The number of benzene rings is 2. The van der Waals surface area contributed by atoms with Crippen LogP contribution in [0, 0.1) is 11.3 Å². The van der Waals surface area contributed by atoms with Crippen LogP contribution in [0.4, 0.5) is 0 Å². The highest BCUT2D eigenvalue weighted by Gasteiger charge is 2.20. The lowest BCUT2D eigenvalue weighted by Crippen LogP contribution is -2.13. The third-order valence-corrected chi connectivity index (χ3v) is 3.50. The van der Waals surface area contributed by atoms with Gasteiger partial charge in [-0.1, -0.05) is 42.5 Å². The lowest BCUT2D eigenvalue weighted by molar-refractivity contribution is 0.607. The van der Waals surface area contributed by atoms with E-state index in [4.69, 9.17) is 4.42 Å². The second-order valence-electron chi connectivity index (χ2n) is 4.89. The predicted molar refractivity (Wildman–Crippen MR) is 81.9 cm³/mol. The second kappa shape index (κ2) is 5.26. The van der Waals surface area contributed by atoms with E-state index in [1.807, 2.05) is 36.4 Å². The van der Waals surface area contributed by atoms with Crippen LogP contribution in [-0.4, -0.2) is 0 Å². The fourth-order valence-electron chi connectivity index (χ4n) is 2.42. The summed E-state index contributed by atoms with van der Waals surface area (Å²) in [6.07, 6.45) is 0. The molecule has 0 fully saturated rings. The van der Waals surface area contributed by atoms with Gasteiger partial charge in [0.1, 0.15) is 11.3 Å². The van der Waals surface area contributed by atoms with Gasteiger partial charge < -0.3 is 4.42 Å². The molecule has 1 aromatic heterocycles. The van der Waals surface area contributed by atoms with Crippen LogP contribution in [0.5, 0.6) is 0 Å². The summed E-state index contributed by atoms with van der Waals surface area (Å²) in [7, 11) is 0. The van der Waals surface area contributed by atoms with Gasteiger partial charge in [0.05, 0.1) is 22.9 Å². The summed E-state index contributed by atoms with van der Waals surface area (Å²) in [6, 6.07) is 18.7. The van der Waals surface area contributed by atoms with Crippen molar-refractivity contribution in [1.29, 1.82) is 5.26 Å². The van der Waals surface area contributed by atoms with Gasteiger partial charge in [0.25, 0.3) is 0 Å². The van der Waals surface area contributed by atoms with Gasteiger partial charge in [0.2, 0.25) is 0 Å². The van der Waals surface area contributed by atoms with Crippen molar-refractivity contribution in [3.05, 3.63) is 70.4 Å². The molecule has 21 heavy (non-hydrogen) atoms. The van der Waals surface area contributed by atoms with Crippen LogP contribution in [0.2, 0.25) is 0 Å². The maximum atomic E-state index is 12.7. The maximum absolute atomic E-state index is 12.7. The van der Waals surface area contributed by atoms with Crippen molar-refractivity contribution >= 4 is 11.0 Å². The molecule has 1 unspecified atom stereocenters. The molecule has 2 aromatic carbocycles. The Morgan fingerprint density at radius 3 is 2.43 bits per heavy atom. The van der Waals surface area contributed by atoms with Gasteiger partial charge >= 0.3 is 0 Å². The Balaban J connectivity index is 2.43. The summed E-state index contributed by atoms with van der Waals surface area (Å²) in [5.74, 6) is -0.0468. The highest BCUT2D eigenvalue weighted by atomic mass is 16.3. The van der Waals surface area contributed by atoms with Crippen molar-refractivity contribution in [2.45, 2.75) is 12.8 Å². The number of para-hydroxylation sites is 1. The van der Waals surface area contributed by atoms with Crippen molar-refractivity contribution in [3.8, 4) is 17.4 Å². The van der Waals surface area contributed by atoms with Gasteiger partial charge in [0, 0.05) is 5.56 Å². The van der Waals surface area contributed by atoms with Crippen molar-refractivity contribution in [2.75, 3.05) is 0 Å². The fraction of sp³-hybridized carbons (Fsp3) is 0.111. The molecule has 0 N–H and O–H groups in total. The number of fused-ring (bicyclic) bond motifs is 1. The molecule has 0 aliphatic carbocycles. The molecule has 0 amide bonds. The molecular formula is C18H13NO2. The summed E-state index contributed by atoms with van der Waals surface area (Å²) in [4.78, 5) is 12.7. The largest absolute Gasteiger partial charge is 0.455 e. The normalized spacial score (nSPS) is 12.0. The monoisotopic (exact) mass is 275 g/mol. The van der Waals surface area contributed by atoms with E-state index >= 15 is 0 Å². The maximum Gasteiger partial charge on any atom is 0.197 e. The van der Waals surface area contributed by atoms with Gasteiger partial charge in [-0.25, -0.2) is 0 Å². The number of hydrogen-bond acceptors (Lipinski definition) is 3. The van der Waals surface area contributed by atoms with E-state index in [-0.39, 0.29) is 5.43 Å². The summed E-state index contributed by atoms with van der Waals surface area (Å²) in [6.45, 7) is 1.72. The Labute approximate surface area is 122 Å². The first kappa shape index (κ1) is 13.1. The molecule has 3 rings (SSSR count). The van der Waals surface area contributed by atoms with Gasteiger partial charge in [-0.05, 0) is 19.1 Å². The molecule has 102 valence electrons. The summed E-state index contributed by atoms with van der Waals surface area (Å²) in [5, 5.41) is 9.73. The van der Waals surface area contributed by atoms with Crippen LogP contribution >= 0.6 is 0 Å². The van der Waals surface area contributed by atoms with E-state index in [0.717, 1.165) is 5.56 Å². The van der Waals surface area contributed by atoms with E-state index < -0.39 is 5.92 Å². The first-order valence-corrected chi connectivity index (χ1v) is 6.73. The number of nitriles is 1. The molecule has 0 aliphatic heterocycles. The van der Waals surface area contributed by atoms with Gasteiger partial charge in [-0.15, -0.1) is 0 Å². The number of nitrogens with zero attached hydrogens (tertiary/aromatic N) is 1. The quantitative estimate of drug-likeness (QED) is 0.708. The molecule has 0 radical (unpaired) electrons. The molecule has 3 aromatic rings. The average Bonchev–Trinajstić information content (AvgIpc) is 2.55. The minimum atomic E-state index is -0.527. The summed E-state index contributed by atoms with van der Waals surface area (Å²) >= 11 is 0. The Morgan fingerprint density at radius 2 is 1.71 bits per heavy atom. The van der Waals surface area contributed by atoms with Crippen LogP contribution in [0.3, 0.4) is 0 Å². The number of rotatable bonds is 2. The first-order valence-electron chi connectivity index (χ1n) is 6.73. The van der Waals surface area contributed by atoms with Crippen molar-refractivity contribution in [2.24, 2.45) is 0 Å². The molecule has 0 spiro atoms. The van der Waals surface area contributed by atoms with Crippen LogP contribution in [-0.2, 0) is 0 Å². The predicted octanol–water partition coefficient (Wildman–Crippen LogP) is 4.09. The standard InChI is InChI=1S/C18H13NO2/c1-12(11-19)16-17(20)14-9-5-6-10-15(14)21-18(16)13-7-3-2-4-8-13/h2-10,12H,1H3. The van der Waals surface area contributed by atoms with Gasteiger partial charge in [-0.2, -0.15) is 5.26 Å². The van der Waals surface area contributed by atoms with Gasteiger partial charge in [0.15, 0.2) is 5.43 Å². The third kappa shape index (κ3) is 2.21. The highest BCUT2D eigenvalue weighted by Crippen LogP contribution is 2.29. The van der Waals surface area contributed by atoms with Crippen molar-refractivity contribution < 1.29 is 4.42 Å². The molecule has 0 bridgehead atoms. The zero-order valence-electron chi connectivity index (χ0n) is 11.5. The Bertz CT molecular complexity index is 888. The van der Waals surface area contributed by atoms with E-state index in [1.165, 1.54) is 0 Å². The van der Waals surface area contributed by atoms with Crippen molar-refractivity contribution in [1.82, 2.24) is 0 Å². The van der Waals surface area contributed by atoms with E-state index in [1.54, 1.807) is 25.1 Å². The minimum Gasteiger partial charge on any atom is -0.455 e. The topological polar surface area (TPSA) is 54.0 Å². The van der Waals surface area contributed by atoms with Crippen molar-refractivity contribution in [3.63, 3.8) is 0 Å². The summed E-state index contributed by atoms with van der Waals surface area (Å²) in [5.41, 5.74) is 1.62. The van der Waals surface area contributed by atoms with E-state index in [2.05, 4.69) is 6.07 Å². The molecule has 3 nitrogen and oxygen atoms in total. The molecule has 1 heterocycles. The van der Waals surface area contributed by atoms with E-state index in [0.29, 0.717) is 22.3 Å². The molecule has 1 atom stereocenters. The first-order chi connectivity index (χ1) is 10.2. The summed E-state index contributed by atoms with van der Waals surface area (Å²) < 4.78 is 5.93. The fourth-order valence-corrected chi connectivity index (χ4v) is 2.42. The smallest absolute Gasteiger partial charge is 0.197 e. The second-order valence-corrected chi connectivity index (χ2v) is 4.89. The Kier molecular flexibility index (Phi) is 3.29. The number of hydrogen-bond donors (Lipinski definition) is 0. The third-order valence-electron chi connectivity index (χ3n) is 3.50. The zero-order chi connectivity index (χ0) is 14.8. The molecule has 3 heteroatoms. The van der Waals surface area contributed by atoms with Gasteiger partial charge in [-0.3, -0.25) is 4.79 Å². The SMILES string of the molecule is CC(C#N)c1c(-c2ccccc2)oc2ccccc2c1=O. The lowest BCUT2D eigenvalue weighted by atomic mass is 9.96. The lowest BCUT2D eigenvalue weighted by Gasteiger charge is -2.11. The molecule has 0 saturated carbocycles. The van der Waals surface area contributed by atoms with Crippen LogP contribution in [0.15, 0.2) is 63.8 Å². The Hall–Kier alpha value is -2.86. The molecule has 0 saturated heterocycles. The van der Waals surface area contributed by atoms with E-state index in [9.17, 15) is 10.1 Å². The molecular weight excluding hydrogens is 262 g/mol.